The Hall–Kier alpha value is -3.22. The zero-order chi connectivity index (χ0) is 20.7. The first kappa shape index (κ1) is 19.1. The first-order valence-electron chi connectivity index (χ1n) is 9.73. The SMILES string of the molecule is Cc1cc(N2CCN(C(=O)c3cc(=O)c4cc(C)c(C)cc4o3)CC2)nc(C)n1. The fraction of sp³-hybridized carbons (Fsp3) is 0.364. The van der Waals surface area contributed by atoms with E-state index >= 15 is 0 Å². The van der Waals surface area contributed by atoms with Crippen molar-refractivity contribution in [3.8, 4) is 0 Å². The maximum atomic E-state index is 12.9. The van der Waals surface area contributed by atoms with Gasteiger partial charge in [0.15, 0.2) is 11.2 Å². The van der Waals surface area contributed by atoms with Gasteiger partial charge in [-0.05, 0) is 51.0 Å². The number of hydrogen-bond donors (Lipinski definition) is 0. The molecule has 4 rings (SSSR count). The number of hydrogen-bond acceptors (Lipinski definition) is 6. The van der Waals surface area contributed by atoms with Crippen molar-refractivity contribution in [2.24, 2.45) is 0 Å². The summed E-state index contributed by atoms with van der Waals surface area (Å²) < 4.78 is 5.81. The largest absolute Gasteiger partial charge is 0.451 e. The van der Waals surface area contributed by atoms with Crippen LogP contribution in [0.15, 0.2) is 33.5 Å². The van der Waals surface area contributed by atoms with E-state index in [0.717, 1.165) is 28.5 Å². The van der Waals surface area contributed by atoms with Crippen molar-refractivity contribution in [3.05, 3.63) is 62.9 Å². The highest BCUT2D eigenvalue weighted by Crippen LogP contribution is 2.20. The number of nitrogens with zero attached hydrogens (tertiary/aromatic N) is 4. The molecule has 3 heterocycles. The lowest BCUT2D eigenvalue weighted by molar-refractivity contribution is 0.0715. The Morgan fingerprint density at radius 1 is 0.931 bits per heavy atom. The number of aromatic nitrogens is 2. The molecule has 0 spiro atoms. The highest BCUT2D eigenvalue weighted by molar-refractivity contribution is 5.93. The first-order valence-corrected chi connectivity index (χ1v) is 9.73. The van der Waals surface area contributed by atoms with E-state index in [1.807, 2.05) is 45.9 Å². The van der Waals surface area contributed by atoms with Crippen LogP contribution in [0.5, 0.6) is 0 Å². The second-order valence-electron chi connectivity index (χ2n) is 7.60. The van der Waals surface area contributed by atoms with Crippen LogP contribution in [-0.2, 0) is 0 Å². The summed E-state index contributed by atoms with van der Waals surface area (Å²) in [5, 5.41) is 0.504. The fourth-order valence-corrected chi connectivity index (χ4v) is 3.67. The quantitative estimate of drug-likeness (QED) is 0.667. The number of amides is 1. The summed E-state index contributed by atoms with van der Waals surface area (Å²) in [6.07, 6.45) is 0. The highest BCUT2D eigenvalue weighted by atomic mass is 16.3. The molecular weight excluding hydrogens is 368 g/mol. The molecule has 1 amide bonds. The van der Waals surface area contributed by atoms with Crippen LogP contribution in [0.4, 0.5) is 5.82 Å². The number of fused-ring (bicyclic) bond motifs is 1. The van der Waals surface area contributed by atoms with Crippen LogP contribution in [-0.4, -0.2) is 47.0 Å². The molecule has 3 aromatic rings. The van der Waals surface area contributed by atoms with Gasteiger partial charge in [-0.15, -0.1) is 0 Å². The molecule has 7 nitrogen and oxygen atoms in total. The van der Waals surface area contributed by atoms with Crippen LogP contribution in [0.3, 0.4) is 0 Å². The lowest BCUT2D eigenvalue weighted by Gasteiger charge is -2.35. The minimum absolute atomic E-state index is 0.0907. The monoisotopic (exact) mass is 392 g/mol. The van der Waals surface area contributed by atoms with Gasteiger partial charge in [-0.2, -0.15) is 0 Å². The Kier molecular flexibility index (Phi) is 4.82. The van der Waals surface area contributed by atoms with Gasteiger partial charge >= 0.3 is 0 Å². The van der Waals surface area contributed by atoms with E-state index in [0.29, 0.717) is 37.1 Å². The van der Waals surface area contributed by atoms with E-state index in [2.05, 4.69) is 14.9 Å². The minimum Gasteiger partial charge on any atom is -0.451 e. The van der Waals surface area contributed by atoms with Gasteiger partial charge in [0.05, 0.1) is 5.39 Å². The lowest BCUT2D eigenvalue weighted by atomic mass is 10.1. The van der Waals surface area contributed by atoms with Gasteiger partial charge in [0.2, 0.25) is 0 Å². The molecular formula is C22H24N4O3. The molecule has 0 atom stereocenters. The number of rotatable bonds is 2. The summed E-state index contributed by atoms with van der Waals surface area (Å²) in [7, 11) is 0. The van der Waals surface area contributed by atoms with Crippen molar-refractivity contribution in [1.29, 1.82) is 0 Å². The summed E-state index contributed by atoms with van der Waals surface area (Å²) >= 11 is 0. The molecule has 1 saturated heterocycles. The second kappa shape index (κ2) is 7.31. The molecule has 0 aliphatic carbocycles. The third kappa shape index (κ3) is 3.72. The fourth-order valence-electron chi connectivity index (χ4n) is 3.67. The third-order valence-corrected chi connectivity index (χ3v) is 5.40. The average molecular weight is 392 g/mol. The maximum Gasteiger partial charge on any atom is 0.289 e. The van der Waals surface area contributed by atoms with Gasteiger partial charge in [-0.1, -0.05) is 0 Å². The van der Waals surface area contributed by atoms with Crippen LogP contribution < -0.4 is 10.3 Å². The average Bonchev–Trinajstić information content (AvgIpc) is 2.68. The second-order valence-corrected chi connectivity index (χ2v) is 7.60. The Morgan fingerprint density at radius 3 is 2.31 bits per heavy atom. The topological polar surface area (TPSA) is 79.5 Å². The molecule has 29 heavy (non-hydrogen) atoms. The number of anilines is 1. The molecule has 150 valence electrons. The molecule has 7 heteroatoms. The summed E-state index contributed by atoms with van der Waals surface area (Å²) in [4.78, 5) is 38.1. The standard InChI is InChI=1S/C22H24N4O3/c1-13-9-17-18(27)12-20(29-19(17)10-14(13)2)22(28)26-7-5-25(6-8-26)21-11-15(3)23-16(4)24-21/h9-12H,5-8H2,1-4H3. The maximum absolute atomic E-state index is 12.9. The van der Waals surface area contributed by atoms with Crippen molar-refractivity contribution in [1.82, 2.24) is 14.9 Å². The Morgan fingerprint density at radius 2 is 1.62 bits per heavy atom. The molecule has 0 N–H and O–H groups in total. The number of piperazine rings is 1. The van der Waals surface area contributed by atoms with E-state index < -0.39 is 0 Å². The van der Waals surface area contributed by atoms with Gasteiger partial charge in [-0.3, -0.25) is 9.59 Å². The molecule has 0 saturated carbocycles. The predicted molar refractivity (Wildman–Crippen MR) is 112 cm³/mol. The number of aryl methyl sites for hydroxylation is 4. The third-order valence-electron chi connectivity index (χ3n) is 5.40. The summed E-state index contributed by atoms with van der Waals surface area (Å²) in [6.45, 7) is 10.1. The molecule has 1 aliphatic rings. The summed E-state index contributed by atoms with van der Waals surface area (Å²) in [6, 6.07) is 6.90. The van der Waals surface area contributed by atoms with Gasteiger partial charge in [0.1, 0.15) is 17.2 Å². The Bertz CT molecular complexity index is 1140. The molecule has 0 bridgehead atoms. The van der Waals surface area contributed by atoms with Gasteiger partial charge in [-0.25, -0.2) is 9.97 Å². The molecule has 1 aliphatic heterocycles. The van der Waals surface area contributed by atoms with E-state index in [1.54, 1.807) is 4.90 Å². The van der Waals surface area contributed by atoms with E-state index in [4.69, 9.17) is 4.42 Å². The van der Waals surface area contributed by atoms with Crippen molar-refractivity contribution >= 4 is 22.7 Å². The van der Waals surface area contributed by atoms with Crippen LogP contribution in [0.1, 0.15) is 33.2 Å². The van der Waals surface area contributed by atoms with Gasteiger partial charge < -0.3 is 14.2 Å². The summed E-state index contributed by atoms with van der Waals surface area (Å²) in [5.74, 6) is 1.46. The smallest absolute Gasteiger partial charge is 0.289 e. The van der Waals surface area contributed by atoms with Crippen LogP contribution in [0.2, 0.25) is 0 Å². The number of benzene rings is 1. The van der Waals surface area contributed by atoms with E-state index in [9.17, 15) is 9.59 Å². The molecule has 1 aromatic carbocycles. The molecule has 2 aromatic heterocycles. The van der Waals surface area contributed by atoms with E-state index in [-0.39, 0.29) is 17.1 Å². The van der Waals surface area contributed by atoms with Gasteiger partial charge in [0.25, 0.3) is 5.91 Å². The number of carbonyl (C=O) groups excluding carboxylic acids is 1. The van der Waals surface area contributed by atoms with Crippen molar-refractivity contribution < 1.29 is 9.21 Å². The van der Waals surface area contributed by atoms with Gasteiger partial charge in [0, 0.05) is 44.0 Å². The normalized spacial score (nSPS) is 14.5. The summed E-state index contributed by atoms with van der Waals surface area (Å²) in [5.41, 5.74) is 3.23. The first-order chi connectivity index (χ1) is 13.8. The predicted octanol–water partition coefficient (Wildman–Crippen LogP) is 2.78. The molecule has 1 fully saturated rings. The Labute approximate surface area is 169 Å². The molecule has 0 radical (unpaired) electrons. The van der Waals surface area contributed by atoms with Crippen molar-refractivity contribution in [2.75, 3.05) is 31.1 Å². The minimum atomic E-state index is -0.253. The molecule has 0 unspecified atom stereocenters. The lowest BCUT2D eigenvalue weighted by Crippen LogP contribution is -2.49. The van der Waals surface area contributed by atoms with Crippen LogP contribution in [0, 0.1) is 27.7 Å². The van der Waals surface area contributed by atoms with Crippen LogP contribution >= 0.6 is 0 Å². The zero-order valence-corrected chi connectivity index (χ0v) is 17.2. The van der Waals surface area contributed by atoms with E-state index in [1.165, 1.54) is 6.07 Å². The van der Waals surface area contributed by atoms with Crippen molar-refractivity contribution in [3.63, 3.8) is 0 Å². The van der Waals surface area contributed by atoms with Crippen molar-refractivity contribution in [2.45, 2.75) is 27.7 Å². The van der Waals surface area contributed by atoms with Crippen LogP contribution in [0.25, 0.3) is 11.0 Å². The zero-order valence-electron chi connectivity index (χ0n) is 17.2. The Balaban J connectivity index is 1.54. The highest BCUT2D eigenvalue weighted by Gasteiger charge is 2.25. The number of carbonyl (C=O) groups is 1.